The van der Waals surface area contributed by atoms with Crippen molar-refractivity contribution in [1.29, 1.82) is 0 Å². The third kappa shape index (κ3) is 3.13. The van der Waals surface area contributed by atoms with Gasteiger partial charge in [0.25, 0.3) is 5.91 Å². The highest BCUT2D eigenvalue weighted by Gasteiger charge is 2.63. The standard InChI is InChI=1S/C14H20N4O8S/c19-11(8-2-1-3-8)15-16-12(20)9-4-14(6-25-7-14)10-5-17(9)13(21)18(10)26-27(22,23)24/h8-10H,1-7H2,(H,15,19)(H,16,20)(H,22,23,24)/t9-,10-/m0/s1. The van der Waals surface area contributed by atoms with Crippen LogP contribution >= 0.6 is 0 Å². The van der Waals surface area contributed by atoms with Gasteiger partial charge in [-0.25, -0.2) is 4.79 Å². The van der Waals surface area contributed by atoms with Gasteiger partial charge in [0, 0.05) is 17.9 Å². The zero-order chi connectivity index (χ0) is 19.4. The molecular weight excluding hydrogens is 384 g/mol. The van der Waals surface area contributed by atoms with Gasteiger partial charge in [-0.2, -0.15) is 13.5 Å². The molecule has 4 rings (SSSR count). The van der Waals surface area contributed by atoms with E-state index in [9.17, 15) is 22.8 Å². The largest absolute Gasteiger partial charge is 0.418 e. The molecular formula is C14H20N4O8S. The number of hydroxylamine groups is 2. The van der Waals surface area contributed by atoms with Crippen LogP contribution < -0.4 is 10.9 Å². The van der Waals surface area contributed by atoms with Gasteiger partial charge in [0.2, 0.25) is 5.91 Å². The Bertz CT molecular complexity index is 778. The molecule has 0 radical (unpaired) electrons. The van der Waals surface area contributed by atoms with Crippen molar-refractivity contribution in [1.82, 2.24) is 20.8 Å². The van der Waals surface area contributed by atoms with Gasteiger partial charge in [-0.1, -0.05) is 6.42 Å². The number of nitrogens with zero attached hydrogens (tertiary/aromatic N) is 2. The Labute approximate surface area is 155 Å². The van der Waals surface area contributed by atoms with Crippen LogP contribution in [0.4, 0.5) is 4.79 Å². The van der Waals surface area contributed by atoms with Gasteiger partial charge in [-0.15, -0.1) is 4.28 Å². The van der Waals surface area contributed by atoms with E-state index in [4.69, 9.17) is 9.29 Å². The first-order valence-electron chi connectivity index (χ1n) is 8.64. The van der Waals surface area contributed by atoms with Crippen molar-refractivity contribution >= 4 is 28.2 Å². The molecule has 12 nitrogen and oxygen atoms in total. The number of piperidine rings is 1. The molecule has 4 amide bonds. The average molecular weight is 404 g/mol. The lowest BCUT2D eigenvalue weighted by molar-refractivity contribution is -0.193. The van der Waals surface area contributed by atoms with E-state index in [0.29, 0.717) is 5.06 Å². The van der Waals surface area contributed by atoms with Crippen molar-refractivity contribution in [3.63, 3.8) is 0 Å². The van der Waals surface area contributed by atoms with Crippen LogP contribution in [-0.4, -0.2) is 72.6 Å². The van der Waals surface area contributed by atoms with E-state index < -0.39 is 39.8 Å². The molecule has 2 atom stereocenters. The predicted octanol–water partition coefficient (Wildman–Crippen LogP) is -1.44. The van der Waals surface area contributed by atoms with Gasteiger partial charge in [0.1, 0.15) is 6.04 Å². The summed E-state index contributed by atoms with van der Waals surface area (Å²) in [6.07, 6.45) is 2.75. The first-order chi connectivity index (χ1) is 12.7. The molecule has 27 heavy (non-hydrogen) atoms. The van der Waals surface area contributed by atoms with Gasteiger partial charge < -0.3 is 9.64 Å². The zero-order valence-corrected chi connectivity index (χ0v) is 15.1. The molecule has 0 unspecified atom stereocenters. The lowest BCUT2D eigenvalue weighted by Gasteiger charge is -2.50. The highest BCUT2D eigenvalue weighted by molar-refractivity contribution is 7.80. The molecule has 0 aromatic carbocycles. The Morgan fingerprint density at radius 2 is 1.89 bits per heavy atom. The fourth-order valence-corrected chi connectivity index (χ4v) is 4.38. The number of hydrogen-bond donors (Lipinski definition) is 3. The highest BCUT2D eigenvalue weighted by Crippen LogP contribution is 2.47. The minimum Gasteiger partial charge on any atom is -0.380 e. The number of nitrogens with one attached hydrogen (secondary N) is 2. The molecule has 0 aromatic rings. The Morgan fingerprint density at radius 1 is 1.22 bits per heavy atom. The Hall–Kier alpha value is -1.96. The normalized spacial score (nSPS) is 29.3. The van der Waals surface area contributed by atoms with E-state index in [1.165, 1.54) is 4.90 Å². The monoisotopic (exact) mass is 404 g/mol. The highest BCUT2D eigenvalue weighted by atomic mass is 32.3. The second-order valence-electron chi connectivity index (χ2n) is 7.46. The van der Waals surface area contributed by atoms with Crippen LogP contribution in [0.1, 0.15) is 25.7 Å². The fraction of sp³-hybridized carbons (Fsp3) is 0.786. The first-order valence-corrected chi connectivity index (χ1v) is 10.0. The van der Waals surface area contributed by atoms with Crippen molar-refractivity contribution in [2.24, 2.45) is 11.3 Å². The number of rotatable bonds is 4. The Morgan fingerprint density at radius 3 is 2.41 bits per heavy atom. The summed E-state index contributed by atoms with van der Waals surface area (Å²) in [6, 6.07) is -2.43. The predicted molar refractivity (Wildman–Crippen MR) is 85.6 cm³/mol. The van der Waals surface area contributed by atoms with Crippen LogP contribution in [0.15, 0.2) is 0 Å². The number of urea groups is 1. The van der Waals surface area contributed by atoms with Gasteiger partial charge >= 0.3 is 16.4 Å². The van der Waals surface area contributed by atoms with Crippen LogP contribution in [-0.2, 0) is 29.0 Å². The smallest absolute Gasteiger partial charge is 0.380 e. The van der Waals surface area contributed by atoms with E-state index in [-0.39, 0.29) is 38.0 Å². The topological polar surface area (TPSA) is 155 Å². The number of fused-ring (bicyclic) bond motifs is 3. The Balaban J connectivity index is 1.48. The number of ether oxygens (including phenoxy) is 1. The van der Waals surface area contributed by atoms with Crippen molar-refractivity contribution in [2.45, 2.75) is 37.8 Å². The molecule has 4 aliphatic rings. The van der Waals surface area contributed by atoms with E-state index in [1.807, 2.05) is 0 Å². The van der Waals surface area contributed by atoms with Crippen LogP contribution in [0.25, 0.3) is 0 Å². The molecule has 0 aromatic heterocycles. The number of carbonyl (C=O) groups is 3. The lowest BCUT2D eigenvalue weighted by Crippen LogP contribution is -2.64. The second kappa shape index (κ2) is 6.29. The average Bonchev–Trinajstić information content (AvgIpc) is 2.75. The molecule has 3 saturated heterocycles. The molecule has 3 aliphatic heterocycles. The van der Waals surface area contributed by atoms with E-state index >= 15 is 0 Å². The molecule has 150 valence electrons. The minimum absolute atomic E-state index is 0.0480. The maximum Gasteiger partial charge on any atom is 0.418 e. The molecule has 1 aliphatic carbocycles. The van der Waals surface area contributed by atoms with Crippen LogP contribution in [0.3, 0.4) is 0 Å². The summed E-state index contributed by atoms with van der Waals surface area (Å²) in [5.41, 5.74) is 4.07. The van der Waals surface area contributed by atoms with Gasteiger partial charge in [0.15, 0.2) is 0 Å². The second-order valence-corrected chi connectivity index (χ2v) is 8.46. The summed E-state index contributed by atoms with van der Waals surface area (Å²) in [5.74, 6) is -0.956. The molecule has 2 bridgehead atoms. The maximum atomic E-state index is 12.6. The number of carbonyl (C=O) groups excluding carboxylic acids is 3. The van der Waals surface area contributed by atoms with Crippen molar-refractivity contribution < 1.29 is 36.4 Å². The van der Waals surface area contributed by atoms with Gasteiger partial charge in [-0.05, 0) is 19.3 Å². The summed E-state index contributed by atoms with van der Waals surface area (Å²) < 4.78 is 40.8. The van der Waals surface area contributed by atoms with E-state index in [2.05, 4.69) is 15.1 Å². The Kier molecular flexibility index (Phi) is 4.29. The third-order valence-electron chi connectivity index (χ3n) is 5.81. The summed E-state index contributed by atoms with van der Waals surface area (Å²) in [7, 11) is -4.90. The van der Waals surface area contributed by atoms with Crippen LogP contribution in [0, 0.1) is 11.3 Å². The summed E-state index contributed by atoms with van der Waals surface area (Å²) in [5, 5.41) is 0.595. The molecule has 1 saturated carbocycles. The summed E-state index contributed by atoms with van der Waals surface area (Å²) >= 11 is 0. The molecule has 1 spiro atoms. The number of hydrazine groups is 1. The van der Waals surface area contributed by atoms with Crippen LogP contribution in [0.2, 0.25) is 0 Å². The molecule has 3 N–H and O–H groups in total. The van der Waals surface area contributed by atoms with Crippen molar-refractivity contribution in [2.75, 3.05) is 19.8 Å². The quantitative estimate of drug-likeness (QED) is 0.380. The SMILES string of the molecule is O=C(NNC(=O)[C@@H]1CC2(COC2)[C@@H]2CN1C(=O)N2OS(=O)(=O)O)C1CCC1. The number of amides is 4. The minimum atomic E-state index is -4.90. The third-order valence-corrected chi connectivity index (χ3v) is 6.16. The summed E-state index contributed by atoms with van der Waals surface area (Å²) in [4.78, 5) is 38.2. The number of hydrogen-bond acceptors (Lipinski definition) is 7. The fourth-order valence-electron chi connectivity index (χ4n) is 4.01. The lowest BCUT2D eigenvalue weighted by atomic mass is 9.71. The van der Waals surface area contributed by atoms with Crippen molar-refractivity contribution in [3.05, 3.63) is 0 Å². The molecule has 4 fully saturated rings. The van der Waals surface area contributed by atoms with E-state index in [0.717, 1.165) is 19.3 Å². The molecule has 3 heterocycles. The van der Waals surface area contributed by atoms with Gasteiger partial charge in [0.05, 0.1) is 19.3 Å². The zero-order valence-electron chi connectivity index (χ0n) is 14.3. The van der Waals surface area contributed by atoms with Crippen molar-refractivity contribution in [3.8, 4) is 0 Å². The van der Waals surface area contributed by atoms with E-state index in [1.54, 1.807) is 0 Å². The maximum absolute atomic E-state index is 12.6. The first kappa shape index (κ1) is 18.4. The van der Waals surface area contributed by atoms with Gasteiger partial charge in [-0.3, -0.25) is 25.0 Å². The molecule has 13 heteroatoms. The van der Waals surface area contributed by atoms with Crippen LogP contribution in [0.5, 0.6) is 0 Å². The summed E-state index contributed by atoms with van der Waals surface area (Å²) in [6.45, 7) is 0.497.